The first kappa shape index (κ1) is 21.4. The zero-order valence-corrected chi connectivity index (χ0v) is 17.5. The summed E-state index contributed by atoms with van der Waals surface area (Å²) in [5, 5.41) is 4.08. The van der Waals surface area contributed by atoms with Gasteiger partial charge in [0.05, 0.1) is 23.5 Å². The van der Waals surface area contributed by atoms with E-state index in [4.69, 9.17) is 32.7 Å². The van der Waals surface area contributed by atoms with Gasteiger partial charge in [-0.2, -0.15) is 0 Å². The Bertz CT molecular complexity index is 916. The molecule has 0 saturated carbocycles. The highest BCUT2D eigenvalue weighted by Crippen LogP contribution is 2.37. The molecule has 0 bridgehead atoms. The van der Waals surface area contributed by atoms with Crippen LogP contribution in [0.15, 0.2) is 49.1 Å². The molecule has 0 aliphatic heterocycles. The van der Waals surface area contributed by atoms with Gasteiger partial charge in [0.2, 0.25) is 0 Å². The van der Waals surface area contributed by atoms with Gasteiger partial charge in [0.25, 0.3) is 0 Å². The molecular weight excluding hydrogens is 416 g/mol. The molecule has 1 aromatic heterocycles. The van der Waals surface area contributed by atoms with Crippen molar-refractivity contribution in [2.75, 3.05) is 13.7 Å². The molecule has 0 radical (unpaired) electrons. The molecule has 3 rings (SSSR count). The SMILES string of the molecule is COc1cc(CNCCCn2ccnc2)cc(Cl)c1OCc1c(F)cccc1Cl. The molecule has 0 atom stereocenters. The maximum Gasteiger partial charge on any atom is 0.180 e. The molecular formula is C21H22Cl2FN3O2. The number of halogens is 3. The van der Waals surface area contributed by atoms with Crippen LogP contribution in [0.25, 0.3) is 0 Å². The van der Waals surface area contributed by atoms with Crippen molar-refractivity contribution in [3.05, 3.63) is 76.0 Å². The molecule has 0 fully saturated rings. The predicted molar refractivity (Wildman–Crippen MR) is 112 cm³/mol. The second-order valence-electron chi connectivity index (χ2n) is 6.43. The van der Waals surface area contributed by atoms with Crippen molar-refractivity contribution in [2.45, 2.75) is 26.1 Å². The Kier molecular flexibility index (Phi) is 7.75. The highest BCUT2D eigenvalue weighted by Gasteiger charge is 2.14. The zero-order valence-electron chi connectivity index (χ0n) is 16.0. The van der Waals surface area contributed by atoms with Gasteiger partial charge in [-0.15, -0.1) is 0 Å². The summed E-state index contributed by atoms with van der Waals surface area (Å²) in [6.45, 7) is 2.34. The van der Waals surface area contributed by atoms with E-state index in [2.05, 4.69) is 10.3 Å². The standard InChI is InChI=1S/C21H22Cl2FN3O2/c1-28-20-11-15(12-25-6-3-8-27-9-7-26-14-27)10-18(23)21(20)29-13-16-17(22)4-2-5-19(16)24/h2,4-5,7,9-11,14,25H,3,6,8,12-13H2,1H3. The third-order valence-corrected chi connectivity index (χ3v) is 5.00. The number of aromatic nitrogens is 2. The number of nitrogens with zero attached hydrogens (tertiary/aromatic N) is 2. The quantitative estimate of drug-likeness (QED) is 0.448. The number of rotatable bonds is 10. The summed E-state index contributed by atoms with van der Waals surface area (Å²) in [6.07, 6.45) is 6.49. The minimum Gasteiger partial charge on any atom is -0.493 e. The van der Waals surface area contributed by atoms with E-state index in [0.717, 1.165) is 25.1 Å². The highest BCUT2D eigenvalue weighted by atomic mass is 35.5. The number of benzene rings is 2. The summed E-state index contributed by atoms with van der Waals surface area (Å²) < 4.78 is 27.1. The van der Waals surface area contributed by atoms with Crippen molar-refractivity contribution >= 4 is 23.2 Å². The third kappa shape index (κ3) is 5.85. The maximum atomic E-state index is 14.0. The van der Waals surface area contributed by atoms with Crippen LogP contribution in [0.4, 0.5) is 4.39 Å². The lowest BCUT2D eigenvalue weighted by Crippen LogP contribution is -2.16. The Hall–Kier alpha value is -2.28. The normalized spacial score (nSPS) is 10.9. The molecule has 1 heterocycles. The molecule has 0 unspecified atom stereocenters. The molecule has 0 aliphatic rings. The van der Waals surface area contributed by atoms with Crippen molar-refractivity contribution in [2.24, 2.45) is 0 Å². The number of methoxy groups -OCH3 is 1. The van der Waals surface area contributed by atoms with E-state index in [1.165, 1.54) is 13.2 Å². The van der Waals surface area contributed by atoms with Crippen LogP contribution >= 0.6 is 23.2 Å². The van der Waals surface area contributed by atoms with Crippen LogP contribution in [0.1, 0.15) is 17.5 Å². The van der Waals surface area contributed by atoms with E-state index < -0.39 is 5.82 Å². The average Bonchev–Trinajstić information content (AvgIpc) is 3.21. The van der Waals surface area contributed by atoms with E-state index in [1.807, 2.05) is 22.9 Å². The molecule has 3 aromatic rings. The van der Waals surface area contributed by atoms with Gasteiger partial charge in [0.1, 0.15) is 12.4 Å². The van der Waals surface area contributed by atoms with Crippen LogP contribution in [0.3, 0.4) is 0 Å². The first-order chi connectivity index (χ1) is 14.1. The fourth-order valence-electron chi connectivity index (χ4n) is 2.87. The van der Waals surface area contributed by atoms with Gasteiger partial charge in [-0.25, -0.2) is 9.37 Å². The van der Waals surface area contributed by atoms with Crippen LogP contribution in [0.5, 0.6) is 11.5 Å². The van der Waals surface area contributed by atoms with Crippen LogP contribution in [-0.4, -0.2) is 23.2 Å². The van der Waals surface area contributed by atoms with E-state index >= 15 is 0 Å². The Morgan fingerprint density at radius 3 is 2.79 bits per heavy atom. The Labute approximate surface area is 179 Å². The summed E-state index contributed by atoms with van der Waals surface area (Å²) in [6, 6.07) is 8.17. The minimum absolute atomic E-state index is 0.0482. The van der Waals surface area contributed by atoms with Gasteiger partial charge in [0, 0.05) is 31.0 Å². The molecule has 1 N–H and O–H groups in total. The van der Waals surface area contributed by atoms with E-state index in [-0.39, 0.29) is 12.2 Å². The number of nitrogens with one attached hydrogen (secondary N) is 1. The topological polar surface area (TPSA) is 48.3 Å². The van der Waals surface area contributed by atoms with Crippen molar-refractivity contribution in [3.63, 3.8) is 0 Å². The summed E-state index contributed by atoms with van der Waals surface area (Å²) in [5.74, 6) is 0.418. The largest absolute Gasteiger partial charge is 0.493 e. The lowest BCUT2D eigenvalue weighted by Gasteiger charge is -2.15. The van der Waals surface area contributed by atoms with Crippen molar-refractivity contribution in [3.8, 4) is 11.5 Å². The number of aryl methyl sites for hydroxylation is 1. The predicted octanol–water partition coefficient (Wildman–Crippen LogP) is 5.10. The van der Waals surface area contributed by atoms with Crippen LogP contribution in [0, 0.1) is 5.82 Å². The van der Waals surface area contributed by atoms with Crippen molar-refractivity contribution < 1.29 is 13.9 Å². The molecule has 0 aliphatic carbocycles. The van der Waals surface area contributed by atoms with Crippen molar-refractivity contribution in [1.29, 1.82) is 0 Å². The molecule has 0 saturated heterocycles. The van der Waals surface area contributed by atoms with Gasteiger partial charge in [-0.1, -0.05) is 29.3 Å². The first-order valence-electron chi connectivity index (χ1n) is 9.17. The minimum atomic E-state index is -0.427. The number of imidazole rings is 1. The Morgan fingerprint density at radius 1 is 1.21 bits per heavy atom. The van der Waals surface area contributed by atoms with E-state index in [9.17, 15) is 4.39 Å². The number of hydrogen-bond acceptors (Lipinski definition) is 4. The molecule has 154 valence electrons. The molecule has 0 amide bonds. The van der Waals surface area contributed by atoms with Crippen molar-refractivity contribution in [1.82, 2.24) is 14.9 Å². The van der Waals surface area contributed by atoms with Crippen LogP contribution in [-0.2, 0) is 19.7 Å². The highest BCUT2D eigenvalue weighted by molar-refractivity contribution is 6.32. The second kappa shape index (κ2) is 10.5. The van der Waals surface area contributed by atoms with Gasteiger partial charge >= 0.3 is 0 Å². The van der Waals surface area contributed by atoms with Gasteiger partial charge in [-0.3, -0.25) is 0 Å². The second-order valence-corrected chi connectivity index (χ2v) is 7.24. The first-order valence-corrected chi connectivity index (χ1v) is 9.92. The summed E-state index contributed by atoms with van der Waals surface area (Å²) in [4.78, 5) is 4.02. The number of hydrogen-bond donors (Lipinski definition) is 1. The molecule has 5 nitrogen and oxygen atoms in total. The summed E-state index contributed by atoms with van der Waals surface area (Å²) in [7, 11) is 1.54. The average molecular weight is 438 g/mol. The zero-order chi connectivity index (χ0) is 20.6. The summed E-state index contributed by atoms with van der Waals surface area (Å²) in [5.41, 5.74) is 1.24. The van der Waals surface area contributed by atoms with Gasteiger partial charge in [-0.05, 0) is 42.8 Å². The van der Waals surface area contributed by atoms with E-state index in [1.54, 1.807) is 24.7 Å². The summed E-state index contributed by atoms with van der Waals surface area (Å²) >= 11 is 12.4. The monoisotopic (exact) mass is 437 g/mol. The van der Waals surface area contributed by atoms with E-state index in [0.29, 0.717) is 28.1 Å². The fourth-order valence-corrected chi connectivity index (χ4v) is 3.37. The van der Waals surface area contributed by atoms with Gasteiger partial charge < -0.3 is 19.4 Å². The van der Waals surface area contributed by atoms with Crippen LogP contribution < -0.4 is 14.8 Å². The molecule has 2 aromatic carbocycles. The molecule has 8 heteroatoms. The Balaban J connectivity index is 1.58. The lowest BCUT2D eigenvalue weighted by molar-refractivity contribution is 0.280. The number of ether oxygens (including phenoxy) is 2. The lowest BCUT2D eigenvalue weighted by atomic mass is 10.2. The Morgan fingerprint density at radius 2 is 2.07 bits per heavy atom. The van der Waals surface area contributed by atoms with Gasteiger partial charge in [0.15, 0.2) is 11.5 Å². The third-order valence-electron chi connectivity index (χ3n) is 4.37. The fraction of sp³-hybridized carbons (Fsp3) is 0.286. The maximum absolute atomic E-state index is 14.0. The van der Waals surface area contributed by atoms with Crippen LogP contribution in [0.2, 0.25) is 10.0 Å². The molecule has 29 heavy (non-hydrogen) atoms. The smallest absolute Gasteiger partial charge is 0.180 e. The molecule has 0 spiro atoms.